The van der Waals surface area contributed by atoms with E-state index in [0.717, 1.165) is 13.0 Å². The fourth-order valence-corrected chi connectivity index (χ4v) is 2.28. The maximum atomic E-state index is 6.25. The number of hydrogen-bond acceptors (Lipinski definition) is 2. The summed E-state index contributed by atoms with van der Waals surface area (Å²) in [5, 5.41) is 0. The molecule has 0 aromatic carbocycles. The third-order valence-electron chi connectivity index (χ3n) is 3.21. The van der Waals surface area contributed by atoms with Crippen LogP contribution in [0.1, 0.15) is 59.8 Å². The van der Waals surface area contributed by atoms with Gasteiger partial charge in [0.15, 0.2) is 0 Å². The highest BCUT2D eigenvalue weighted by atomic mass is 15.2. The van der Waals surface area contributed by atoms with E-state index in [1.165, 1.54) is 32.2 Å². The van der Waals surface area contributed by atoms with Gasteiger partial charge in [-0.3, -0.25) is 4.90 Å². The number of unbranched alkanes of at least 4 members (excludes halogenated alkanes) is 1. The van der Waals surface area contributed by atoms with Crippen molar-refractivity contribution in [3.05, 3.63) is 0 Å². The number of nitrogens with two attached hydrogens (primary N) is 1. The Bertz CT molecular complexity index is 136. The summed E-state index contributed by atoms with van der Waals surface area (Å²) in [6, 6.07) is 0.943. The van der Waals surface area contributed by atoms with E-state index >= 15 is 0 Å². The zero-order valence-corrected chi connectivity index (χ0v) is 11.1. The molecule has 0 fully saturated rings. The lowest BCUT2D eigenvalue weighted by Crippen LogP contribution is -2.47. The Morgan fingerprint density at radius 1 is 1.07 bits per heavy atom. The standard InChI is InChI=1S/C13H30N2/c1-5-9-11-15(8-4)13(7-3)12(14)10-6-2/h12-13H,5-11,14H2,1-4H3. The third kappa shape index (κ3) is 5.53. The molecule has 2 nitrogen and oxygen atoms in total. The zero-order chi connectivity index (χ0) is 11.7. The van der Waals surface area contributed by atoms with Gasteiger partial charge in [-0.2, -0.15) is 0 Å². The maximum Gasteiger partial charge on any atom is 0.0244 e. The summed E-state index contributed by atoms with van der Waals surface area (Å²) >= 11 is 0. The van der Waals surface area contributed by atoms with E-state index in [1.807, 2.05) is 0 Å². The molecule has 0 saturated carbocycles. The first-order chi connectivity index (χ1) is 7.21. The van der Waals surface area contributed by atoms with Gasteiger partial charge in [0.05, 0.1) is 0 Å². The van der Waals surface area contributed by atoms with E-state index < -0.39 is 0 Å². The molecule has 0 heterocycles. The lowest BCUT2D eigenvalue weighted by molar-refractivity contribution is 0.167. The van der Waals surface area contributed by atoms with Crippen LogP contribution in [0.4, 0.5) is 0 Å². The maximum absolute atomic E-state index is 6.25. The van der Waals surface area contributed by atoms with E-state index in [0.29, 0.717) is 12.1 Å². The van der Waals surface area contributed by atoms with Gasteiger partial charge >= 0.3 is 0 Å². The Hall–Kier alpha value is -0.0800. The highest BCUT2D eigenvalue weighted by molar-refractivity contribution is 4.80. The molecule has 0 saturated heterocycles. The van der Waals surface area contributed by atoms with Crippen molar-refractivity contribution in [1.82, 2.24) is 4.90 Å². The van der Waals surface area contributed by atoms with Gasteiger partial charge in [-0.1, -0.05) is 40.5 Å². The average molecular weight is 214 g/mol. The van der Waals surface area contributed by atoms with Crippen LogP contribution < -0.4 is 5.73 Å². The van der Waals surface area contributed by atoms with Crippen molar-refractivity contribution >= 4 is 0 Å². The summed E-state index contributed by atoms with van der Waals surface area (Å²) in [6.45, 7) is 11.3. The van der Waals surface area contributed by atoms with Crippen molar-refractivity contribution < 1.29 is 0 Å². The van der Waals surface area contributed by atoms with E-state index in [9.17, 15) is 0 Å². The molecule has 0 aromatic heterocycles. The van der Waals surface area contributed by atoms with Gasteiger partial charge in [-0.15, -0.1) is 0 Å². The minimum atomic E-state index is 0.358. The highest BCUT2D eigenvalue weighted by Gasteiger charge is 2.20. The van der Waals surface area contributed by atoms with Crippen LogP contribution >= 0.6 is 0 Å². The molecule has 0 spiro atoms. The lowest BCUT2D eigenvalue weighted by atomic mass is 10.00. The van der Waals surface area contributed by atoms with Gasteiger partial charge in [0, 0.05) is 12.1 Å². The van der Waals surface area contributed by atoms with Crippen molar-refractivity contribution in [1.29, 1.82) is 0 Å². The minimum absolute atomic E-state index is 0.358. The molecule has 0 aliphatic carbocycles. The Balaban J connectivity index is 4.18. The van der Waals surface area contributed by atoms with Crippen LogP contribution in [0.3, 0.4) is 0 Å². The van der Waals surface area contributed by atoms with Crippen molar-refractivity contribution in [3.63, 3.8) is 0 Å². The van der Waals surface area contributed by atoms with E-state index in [2.05, 4.69) is 32.6 Å². The first-order valence-corrected chi connectivity index (χ1v) is 6.70. The Kier molecular flexibility index (Phi) is 9.12. The quantitative estimate of drug-likeness (QED) is 0.639. The fraction of sp³-hybridized carbons (Fsp3) is 1.00. The molecular formula is C13H30N2. The van der Waals surface area contributed by atoms with E-state index in [1.54, 1.807) is 0 Å². The predicted molar refractivity (Wildman–Crippen MR) is 69.1 cm³/mol. The second-order valence-electron chi connectivity index (χ2n) is 4.41. The zero-order valence-electron chi connectivity index (χ0n) is 11.1. The first kappa shape index (κ1) is 14.9. The molecular weight excluding hydrogens is 184 g/mol. The van der Waals surface area contributed by atoms with Gasteiger partial charge < -0.3 is 5.73 Å². The van der Waals surface area contributed by atoms with Crippen LogP contribution in [-0.2, 0) is 0 Å². The smallest absolute Gasteiger partial charge is 0.0244 e. The van der Waals surface area contributed by atoms with Crippen LogP contribution in [0, 0.1) is 0 Å². The molecule has 2 heteroatoms. The Labute approximate surface area is 96.2 Å². The van der Waals surface area contributed by atoms with Gasteiger partial charge in [0.2, 0.25) is 0 Å². The summed E-state index contributed by atoms with van der Waals surface area (Å²) in [7, 11) is 0. The third-order valence-corrected chi connectivity index (χ3v) is 3.21. The summed E-state index contributed by atoms with van der Waals surface area (Å²) in [6.07, 6.45) is 6.10. The van der Waals surface area contributed by atoms with Crippen LogP contribution in [0.2, 0.25) is 0 Å². The SMILES string of the molecule is CCCCN(CC)C(CC)C(N)CCC. The molecule has 2 atom stereocenters. The molecule has 2 unspecified atom stereocenters. The normalized spacial score (nSPS) is 15.6. The molecule has 0 rings (SSSR count). The number of hydrogen-bond donors (Lipinski definition) is 1. The largest absolute Gasteiger partial charge is 0.326 e. The lowest BCUT2D eigenvalue weighted by Gasteiger charge is -2.34. The number of rotatable bonds is 9. The fourth-order valence-electron chi connectivity index (χ4n) is 2.28. The number of likely N-dealkylation sites (N-methyl/N-ethyl adjacent to an activating group) is 1. The minimum Gasteiger partial charge on any atom is -0.326 e. The molecule has 2 N–H and O–H groups in total. The summed E-state index contributed by atoms with van der Waals surface area (Å²) in [4.78, 5) is 2.56. The topological polar surface area (TPSA) is 29.3 Å². The monoisotopic (exact) mass is 214 g/mol. The van der Waals surface area contributed by atoms with Crippen LogP contribution in [0.25, 0.3) is 0 Å². The van der Waals surface area contributed by atoms with E-state index in [4.69, 9.17) is 5.73 Å². The molecule has 0 radical (unpaired) electrons. The average Bonchev–Trinajstić information content (AvgIpc) is 2.24. The molecule has 92 valence electrons. The molecule has 0 bridgehead atoms. The molecule has 15 heavy (non-hydrogen) atoms. The number of nitrogens with zero attached hydrogens (tertiary/aromatic N) is 1. The molecule has 0 aromatic rings. The van der Waals surface area contributed by atoms with Crippen LogP contribution in [-0.4, -0.2) is 30.1 Å². The van der Waals surface area contributed by atoms with Crippen LogP contribution in [0.5, 0.6) is 0 Å². The summed E-state index contributed by atoms with van der Waals surface area (Å²) in [5.74, 6) is 0. The van der Waals surface area contributed by atoms with Gasteiger partial charge in [0.25, 0.3) is 0 Å². The first-order valence-electron chi connectivity index (χ1n) is 6.70. The summed E-state index contributed by atoms with van der Waals surface area (Å²) < 4.78 is 0. The Morgan fingerprint density at radius 2 is 1.73 bits per heavy atom. The van der Waals surface area contributed by atoms with Gasteiger partial charge in [-0.25, -0.2) is 0 Å². The second kappa shape index (κ2) is 9.17. The van der Waals surface area contributed by atoms with Crippen molar-refractivity contribution in [2.45, 2.75) is 71.9 Å². The molecule has 0 aliphatic rings. The second-order valence-corrected chi connectivity index (χ2v) is 4.41. The van der Waals surface area contributed by atoms with Gasteiger partial charge in [-0.05, 0) is 32.4 Å². The Morgan fingerprint density at radius 3 is 2.13 bits per heavy atom. The van der Waals surface area contributed by atoms with Crippen molar-refractivity contribution in [3.8, 4) is 0 Å². The van der Waals surface area contributed by atoms with Gasteiger partial charge in [0.1, 0.15) is 0 Å². The van der Waals surface area contributed by atoms with Crippen molar-refractivity contribution in [2.75, 3.05) is 13.1 Å². The molecule has 0 amide bonds. The van der Waals surface area contributed by atoms with E-state index in [-0.39, 0.29) is 0 Å². The molecule has 0 aliphatic heterocycles. The van der Waals surface area contributed by atoms with Crippen molar-refractivity contribution in [2.24, 2.45) is 5.73 Å². The highest BCUT2D eigenvalue weighted by Crippen LogP contribution is 2.12. The summed E-state index contributed by atoms with van der Waals surface area (Å²) in [5.41, 5.74) is 6.25. The predicted octanol–water partition coefficient (Wildman–Crippen LogP) is 3.01. The van der Waals surface area contributed by atoms with Crippen LogP contribution in [0.15, 0.2) is 0 Å².